The Morgan fingerprint density at radius 1 is 1.55 bits per heavy atom. The number of nitrogens with zero attached hydrogens (tertiary/aromatic N) is 1. The molecule has 0 spiro atoms. The second-order valence-electron chi connectivity index (χ2n) is 4.58. The number of rotatable bonds is 5. The highest BCUT2D eigenvalue weighted by molar-refractivity contribution is 5.93. The van der Waals surface area contributed by atoms with E-state index in [1.165, 1.54) is 0 Å². The molecule has 1 aliphatic rings. The van der Waals surface area contributed by atoms with Gasteiger partial charge < -0.3 is 15.2 Å². The van der Waals surface area contributed by atoms with Crippen LogP contribution in [0.15, 0.2) is 12.1 Å². The van der Waals surface area contributed by atoms with Gasteiger partial charge in [0.15, 0.2) is 5.82 Å². The lowest BCUT2D eigenvalue weighted by Crippen LogP contribution is -2.40. The van der Waals surface area contributed by atoms with E-state index in [0.717, 1.165) is 6.07 Å². The van der Waals surface area contributed by atoms with Crippen LogP contribution in [0.2, 0.25) is 0 Å². The maximum Gasteiger partial charge on any atom is 0.342 e. The third-order valence-corrected chi connectivity index (χ3v) is 3.30. The molecule has 1 aromatic carbocycles. The van der Waals surface area contributed by atoms with Crippen LogP contribution in [0.3, 0.4) is 0 Å². The third-order valence-electron chi connectivity index (χ3n) is 3.30. The number of halogens is 1. The van der Waals surface area contributed by atoms with Gasteiger partial charge in [0.1, 0.15) is 5.56 Å². The van der Waals surface area contributed by atoms with E-state index < -0.39 is 28.0 Å². The van der Waals surface area contributed by atoms with Crippen molar-refractivity contribution in [2.24, 2.45) is 0 Å². The van der Waals surface area contributed by atoms with E-state index in [9.17, 15) is 19.3 Å². The van der Waals surface area contributed by atoms with E-state index in [-0.39, 0.29) is 17.8 Å². The Hall–Kier alpha value is -2.22. The number of nitrogens with one attached hydrogen (secondary N) is 1. The fourth-order valence-electron chi connectivity index (χ4n) is 2.09. The SMILES string of the molecule is COC1CC(Nc2cc(C(=O)O)c([N+](=O)[O-])cc2F)C1. The average Bonchev–Trinajstić information content (AvgIpc) is 2.33. The monoisotopic (exact) mass is 284 g/mol. The van der Waals surface area contributed by atoms with Crippen molar-refractivity contribution in [3.63, 3.8) is 0 Å². The fraction of sp³-hybridized carbons (Fsp3) is 0.417. The van der Waals surface area contributed by atoms with Gasteiger partial charge in [-0.05, 0) is 18.9 Å². The van der Waals surface area contributed by atoms with E-state index in [2.05, 4.69) is 5.32 Å². The van der Waals surface area contributed by atoms with Gasteiger partial charge in [-0.25, -0.2) is 9.18 Å². The number of nitro groups is 1. The van der Waals surface area contributed by atoms with Gasteiger partial charge in [-0.2, -0.15) is 0 Å². The topological polar surface area (TPSA) is 102 Å². The van der Waals surface area contributed by atoms with Crippen LogP contribution in [0.5, 0.6) is 0 Å². The second kappa shape index (κ2) is 5.41. The van der Waals surface area contributed by atoms with Crippen LogP contribution in [0.4, 0.5) is 15.8 Å². The Labute approximate surface area is 113 Å². The number of hydrogen-bond donors (Lipinski definition) is 2. The van der Waals surface area contributed by atoms with Crippen molar-refractivity contribution in [1.82, 2.24) is 0 Å². The minimum atomic E-state index is -1.47. The minimum absolute atomic E-state index is 0.0300. The molecule has 1 fully saturated rings. The molecule has 7 nitrogen and oxygen atoms in total. The molecule has 0 aliphatic heterocycles. The summed E-state index contributed by atoms with van der Waals surface area (Å²) in [6.07, 6.45) is 1.46. The lowest BCUT2D eigenvalue weighted by molar-refractivity contribution is -0.385. The largest absolute Gasteiger partial charge is 0.477 e. The molecule has 0 atom stereocenters. The van der Waals surface area contributed by atoms with Crippen molar-refractivity contribution in [1.29, 1.82) is 0 Å². The number of aromatic carboxylic acids is 1. The summed E-state index contributed by atoms with van der Waals surface area (Å²) in [5.74, 6) is -2.31. The fourth-order valence-corrected chi connectivity index (χ4v) is 2.09. The molecule has 2 rings (SSSR count). The normalized spacial score (nSPS) is 21.1. The van der Waals surface area contributed by atoms with Crippen molar-refractivity contribution < 1.29 is 24.0 Å². The Kier molecular flexibility index (Phi) is 3.84. The highest BCUT2D eigenvalue weighted by Gasteiger charge is 2.30. The summed E-state index contributed by atoms with van der Waals surface area (Å²) in [7, 11) is 1.58. The first-order valence-electron chi connectivity index (χ1n) is 5.93. The Morgan fingerprint density at radius 3 is 2.70 bits per heavy atom. The smallest absolute Gasteiger partial charge is 0.342 e. The molecule has 0 amide bonds. The number of methoxy groups -OCH3 is 1. The summed E-state index contributed by atoms with van der Waals surface area (Å²) in [4.78, 5) is 20.8. The minimum Gasteiger partial charge on any atom is -0.477 e. The van der Waals surface area contributed by atoms with Crippen molar-refractivity contribution in [2.75, 3.05) is 12.4 Å². The molecular weight excluding hydrogens is 271 g/mol. The highest BCUT2D eigenvalue weighted by atomic mass is 19.1. The molecule has 0 unspecified atom stereocenters. The van der Waals surface area contributed by atoms with Crippen molar-refractivity contribution in [3.05, 3.63) is 33.6 Å². The van der Waals surface area contributed by atoms with E-state index >= 15 is 0 Å². The lowest BCUT2D eigenvalue weighted by atomic mass is 9.89. The maximum absolute atomic E-state index is 13.8. The number of anilines is 1. The number of benzene rings is 1. The maximum atomic E-state index is 13.8. The zero-order valence-electron chi connectivity index (χ0n) is 10.6. The molecule has 8 heteroatoms. The summed E-state index contributed by atoms with van der Waals surface area (Å²) >= 11 is 0. The molecule has 2 N–H and O–H groups in total. The second-order valence-corrected chi connectivity index (χ2v) is 4.58. The van der Waals surface area contributed by atoms with Crippen LogP contribution in [-0.4, -0.2) is 35.3 Å². The predicted molar refractivity (Wildman–Crippen MR) is 67.5 cm³/mol. The Morgan fingerprint density at radius 2 is 2.20 bits per heavy atom. The zero-order chi connectivity index (χ0) is 14.9. The number of hydrogen-bond acceptors (Lipinski definition) is 5. The molecule has 1 saturated carbocycles. The summed E-state index contributed by atoms with van der Waals surface area (Å²) in [6.45, 7) is 0. The summed E-state index contributed by atoms with van der Waals surface area (Å²) in [6, 6.07) is 1.55. The van der Waals surface area contributed by atoms with E-state index in [1.807, 2.05) is 0 Å². The van der Waals surface area contributed by atoms with Crippen molar-refractivity contribution in [2.45, 2.75) is 25.0 Å². The van der Waals surface area contributed by atoms with Crippen LogP contribution in [-0.2, 0) is 4.74 Å². The number of nitro benzene ring substituents is 1. The molecule has 20 heavy (non-hydrogen) atoms. The molecule has 108 valence electrons. The van der Waals surface area contributed by atoms with Crippen LogP contribution >= 0.6 is 0 Å². The highest BCUT2D eigenvalue weighted by Crippen LogP contribution is 2.31. The van der Waals surface area contributed by atoms with E-state index in [4.69, 9.17) is 9.84 Å². The zero-order valence-corrected chi connectivity index (χ0v) is 10.6. The average molecular weight is 284 g/mol. The van der Waals surface area contributed by atoms with Crippen LogP contribution in [0, 0.1) is 15.9 Å². The molecular formula is C12H13FN2O5. The summed E-state index contributed by atoms with van der Waals surface area (Å²) in [5, 5.41) is 22.5. The summed E-state index contributed by atoms with van der Waals surface area (Å²) < 4.78 is 18.8. The standard InChI is InChI=1S/C12H13FN2O5/c1-20-7-2-6(3-7)14-10-4-8(12(16)17)11(15(18)19)5-9(10)13/h4-7,14H,2-3H2,1H3,(H,16,17). The molecule has 0 heterocycles. The van der Waals surface area contributed by atoms with Gasteiger partial charge in [-0.15, -0.1) is 0 Å². The molecule has 0 radical (unpaired) electrons. The molecule has 1 aromatic rings. The Balaban J connectivity index is 2.24. The summed E-state index contributed by atoms with van der Waals surface area (Å²) in [5.41, 5.74) is -1.35. The molecule has 0 saturated heterocycles. The first-order valence-corrected chi connectivity index (χ1v) is 5.93. The Bertz CT molecular complexity index is 557. The molecule has 1 aliphatic carbocycles. The van der Waals surface area contributed by atoms with Gasteiger partial charge >= 0.3 is 5.97 Å². The molecule has 0 bridgehead atoms. The first kappa shape index (κ1) is 14.2. The van der Waals surface area contributed by atoms with Gasteiger partial charge in [0.2, 0.25) is 0 Å². The van der Waals surface area contributed by atoms with E-state index in [1.54, 1.807) is 7.11 Å². The van der Waals surface area contributed by atoms with Crippen molar-refractivity contribution >= 4 is 17.3 Å². The first-order chi connectivity index (χ1) is 9.42. The van der Waals surface area contributed by atoms with Crippen LogP contribution < -0.4 is 5.32 Å². The van der Waals surface area contributed by atoms with Gasteiger partial charge in [-0.1, -0.05) is 0 Å². The number of ether oxygens (including phenoxy) is 1. The quantitative estimate of drug-likeness (QED) is 0.633. The van der Waals surface area contributed by atoms with Crippen LogP contribution in [0.1, 0.15) is 23.2 Å². The lowest BCUT2D eigenvalue weighted by Gasteiger charge is -2.35. The number of carbonyl (C=O) groups is 1. The van der Waals surface area contributed by atoms with Gasteiger partial charge in [0.25, 0.3) is 5.69 Å². The number of carboxylic acids is 1. The number of carboxylic acid groups (broad SMARTS) is 1. The molecule has 0 aromatic heterocycles. The van der Waals surface area contributed by atoms with Gasteiger partial charge in [-0.3, -0.25) is 10.1 Å². The van der Waals surface area contributed by atoms with Gasteiger partial charge in [0.05, 0.1) is 22.8 Å². The van der Waals surface area contributed by atoms with E-state index in [0.29, 0.717) is 18.9 Å². The van der Waals surface area contributed by atoms with Gasteiger partial charge in [0, 0.05) is 13.2 Å². The van der Waals surface area contributed by atoms with Crippen LogP contribution in [0.25, 0.3) is 0 Å². The predicted octanol–water partition coefficient (Wildman–Crippen LogP) is 2.02. The third kappa shape index (κ3) is 2.69. The van der Waals surface area contributed by atoms with Crippen molar-refractivity contribution in [3.8, 4) is 0 Å².